The summed E-state index contributed by atoms with van der Waals surface area (Å²) >= 11 is 0. The number of hydrogen-bond donors (Lipinski definition) is 0. The van der Waals surface area contributed by atoms with Crippen LogP contribution >= 0.6 is 10.7 Å². The Morgan fingerprint density at radius 2 is 1.40 bits per heavy atom. The maximum Gasteiger partial charge on any atom is 1.00 e. The fourth-order valence-electron chi connectivity index (χ4n) is 0. The average molecular weight is 185 g/mol. The monoisotopic (exact) mass is 184 g/mol. The maximum absolute atomic E-state index is 8.77. The molecule has 0 fully saturated rings. The quantitative estimate of drug-likeness (QED) is 0.307. The van der Waals surface area contributed by atoms with Gasteiger partial charge in [-0.2, -0.15) is 10.7 Å². The molecular weight excluding hydrogens is 185 g/mol. The van der Waals surface area contributed by atoms with E-state index in [0.29, 0.717) is 0 Å². The first-order valence-corrected chi connectivity index (χ1v) is 2.39. The van der Waals surface area contributed by atoms with Crippen LogP contribution in [0.4, 0.5) is 0 Å². The molecule has 0 aliphatic heterocycles. The predicted molar refractivity (Wildman–Crippen MR) is 14.6 cm³/mol. The van der Waals surface area contributed by atoms with Crippen molar-refractivity contribution < 1.29 is 66.6 Å². The molecule has 2 nitrogen and oxygen atoms in total. The summed E-state index contributed by atoms with van der Waals surface area (Å²) in [6, 6.07) is 0. The molecule has 0 atom stereocenters. The van der Waals surface area contributed by atoms with Crippen LogP contribution in [0.5, 0.6) is 0 Å². The van der Waals surface area contributed by atoms with Crippen LogP contribution in [0.25, 0.3) is 0 Å². The fraction of sp³-hybridized carbons (Fsp3) is 0. The van der Waals surface area contributed by atoms with Gasteiger partial charge in [0, 0.05) is 9.92 Å². The molecule has 0 unspecified atom stereocenters. The predicted octanol–water partition coefficient (Wildman–Crippen LogP) is -2.55. The van der Waals surface area contributed by atoms with Gasteiger partial charge in [0.15, 0.2) is 0 Å². The van der Waals surface area contributed by atoms with E-state index >= 15 is 0 Å². The Kier molecular flexibility index (Phi) is 12.2. The molecule has 0 amide bonds. The summed E-state index contributed by atoms with van der Waals surface area (Å²) in [4.78, 5) is 0. The molecule has 0 heterocycles. The van der Waals surface area contributed by atoms with E-state index in [1.54, 1.807) is 0 Å². The van der Waals surface area contributed by atoms with E-state index in [4.69, 9.17) is 8.42 Å². The topological polar surface area (TPSA) is 34.1 Å². The van der Waals surface area contributed by atoms with E-state index in [9.17, 15) is 0 Å². The van der Waals surface area contributed by atoms with Crippen LogP contribution in [0, 0.1) is 0 Å². The molecule has 0 saturated carbocycles. The first-order chi connectivity index (χ1) is 1.73. The molecule has 0 aliphatic carbocycles. The van der Waals surface area contributed by atoms with Crippen molar-refractivity contribution in [2.24, 2.45) is 0 Å². The van der Waals surface area contributed by atoms with Crippen molar-refractivity contribution in [2.45, 2.75) is 0 Å². The van der Waals surface area contributed by atoms with Gasteiger partial charge < -0.3 is 8.42 Å². The largest absolute Gasteiger partial charge is 1.00 e. The molecule has 0 aromatic rings. The Morgan fingerprint density at radius 3 is 1.40 bits per heavy atom. The van der Waals surface area contributed by atoms with Gasteiger partial charge in [-0.15, -0.1) is 0 Å². The minimum atomic E-state index is -2.39. The molecule has 0 aromatic carbocycles. The van der Waals surface area contributed by atoms with Gasteiger partial charge in [-0.25, -0.2) is 0 Å². The number of halogens is 1. The first kappa shape index (κ1) is 10.1. The van der Waals surface area contributed by atoms with Crippen molar-refractivity contribution in [3.05, 3.63) is 0 Å². The summed E-state index contributed by atoms with van der Waals surface area (Å²) in [7, 11) is 1.80. The van der Waals surface area contributed by atoms with Crippen LogP contribution in [0.1, 0.15) is 0 Å². The molecule has 0 saturated heterocycles. The van der Waals surface area contributed by atoms with Gasteiger partial charge in [0.1, 0.15) is 0 Å². The Labute approximate surface area is 85.1 Å². The molecule has 0 radical (unpaired) electrons. The second kappa shape index (κ2) is 6.05. The van der Waals surface area contributed by atoms with Crippen molar-refractivity contribution in [3.8, 4) is 0 Å². The van der Waals surface area contributed by atoms with Gasteiger partial charge in [-0.05, 0) is 0 Å². The van der Waals surface area contributed by atoms with E-state index in [2.05, 4.69) is 10.7 Å². The third-order valence-corrected chi connectivity index (χ3v) is 0. The van der Waals surface area contributed by atoms with Crippen LogP contribution in [-0.4, -0.2) is 0 Å². The minimum Gasteiger partial charge on any atom is -0.409 e. The fourth-order valence-corrected chi connectivity index (χ4v) is 0. The van der Waals surface area contributed by atoms with E-state index in [0.717, 1.165) is 0 Å². The van der Waals surface area contributed by atoms with Gasteiger partial charge in [-0.3, -0.25) is 0 Å². The molecular formula is ClO2RbS. The van der Waals surface area contributed by atoms with Crippen LogP contribution < -0.4 is 58.2 Å². The van der Waals surface area contributed by atoms with Gasteiger partial charge in [0.25, 0.3) is 0 Å². The third kappa shape index (κ3) is 23.6. The van der Waals surface area contributed by atoms with Crippen molar-refractivity contribution in [2.75, 3.05) is 0 Å². The van der Waals surface area contributed by atoms with Crippen LogP contribution in [0.2, 0.25) is 0 Å². The summed E-state index contributed by atoms with van der Waals surface area (Å²) in [5.41, 5.74) is 0. The van der Waals surface area contributed by atoms with Gasteiger partial charge in [0.05, 0.1) is 0 Å². The first-order valence-electron chi connectivity index (χ1n) is 0.488. The second-order valence-corrected chi connectivity index (χ2v) is 1.34. The molecule has 5 heteroatoms. The van der Waals surface area contributed by atoms with Crippen molar-refractivity contribution in [1.29, 1.82) is 0 Å². The summed E-state index contributed by atoms with van der Waals surface area (Å²) < 4.78 is 17.5. The molecule has 0 spiro atoms. The third-order valence-electron chi connectivity index (χ3n) is 0. The summed E-state index contributed by atoms with van der Waals surface area (Å²) in [5.74, 6) is 0. The van der Waals surface area contributed by atoms with E-state index in [-0.39, 0.29) is 58.2 Å². The second-order valence-electron chi connectivity index (χ2n) is 0.194. The van der Waals surface area contributed by atoms with Gasteiger partial charge in [0.2, 0.25) is 0 Å². The average Bonchev–Trinajstić information content (AvgIpc) is 0.811. The van der Waals surface area contributed by atoms with Gasteiger partial charge >= 0.3 is 58.2 Å². The van der Waals surface area contributed by atoms with Crippen molar-refractivity contribution in [1.82, 2.24) is 0 Å². The Bertz CT molecular complexity index is 58.0. The standard InChI is InChI=1S/ClO2S.Rb/c1-4(2)3;/q-1;+1. The summed E-state index contributed by atoms with van der Waals surface area (Å²) in [5, 5.41) is 0. The Hall–Kier alpha value is 2.05. The molecule has 0 N–H and O–H groups in total. The Balaban J connectivity index is 0. The van der Waals surface area contributed by atoms with Crippen LogP contribution in [0.3, 0.4) is 0 Å². The normalized spacial score (nSPS) is 6.80. The number of rotatable bonds is 0. The minimum absolute atomic E-state index is 0. The summed E-state index contributed by atoms with van der Waals surface area (Å²) in [6.45, 7) is 0. The zero-order valence-electron chi connectivity index (χ0n) is 2.60. The smallest absolute Gasteiger partial charge is 0.409 e. The van der Waals surface area contributed by atoms with E-state index in [1.807, 2.05) is 0 Å². The van der Waals surface area contributed by atoms with Crippen molar-refractivity contribution in [3.63, 3.8) is 0 Å². The Morgan fingerprint density at radius 1 is 1.40 bits per heavy atom. The van der Waals surface area contributed by atoms with Gasteiger partial charge in [-0.1, -0.05) is 0 Å². The molecule has 0 aromatic heterocycles. The maximum atomic E-state index is 8.77. The molecule has 0 bridgehead atoms. The van der Waals surface area contributed by atoms with E-state index in [1.165, 1.54) is 0 Å². The molecule has 0 rings (SSSR count). The zero-order valence-corrected chi connectivity index (χ0v) is 9.09. The molecule has 26 valence electrons. The molecule has 5 heavy (non-hydrogen) atoms. The van der Waals surface area contributed by atoms with Crippen molar-refractivity contribution >= 4 is 20.6 Å². The van der Waals surface area contributed by atoms with Crippen LogP contribution in [0.15, 0.2) is 0 Å². The SMILES string of the molecule is O=[S-](=O)Cl.[Rb+]. The molecule has 0 aliphatic rings. The zero-order chi connectivity index (χ0) is 3.58. The summed E-state index contributed by atoms with van der Waals surface area (Å²) in [6.07, 6.45) is 0. The number of hydrogen-bond acceptors (Lipinski definition) is 3. The van der Waals surface area contributed by atoms with Crippen LogP contribution in [-0.2, 0) is 18.3 Å². The van der Waals surface area contributed by atoms with E-state index < -0.39 is 9.92 Å².